The van der Waals surface area contributed by atoms with Crippen LogP contribution in [0.25, 0.3) is 6.08 Å². The van der Waals surface area contributed by atoms with Crippen molar-refractivity contribution in [2.75, 3.05) is 4.90 Å². The standard InChI is InChI=1S/C23H14Br2ClNO3S/c24-18-10-15(11-19(25)21(18)30-13-14-6-8-16(26)9-7-14)12-20-22(28)27(23(29)31-20)17-4-2-1-3-5-17/h1-12H,13H2/b20-12-. The van der Waals surface area contributed by atoms with Crippen molar-refractivity contribution in [3.8, 4) is 5.75 Å². The van der Waals surface area contributed by atoms with Crippen molar-refractivity contribution >= 4 is 78.1 Å². The summed E-state index contributed by atoms with van der Waals surface area (Å²) < 4.78 is 7.39. The quantitative estimate of drug-likeness (QED) is 0.291. The zero-order chi connectivity index (χ0) is 22.0. The Morgan fingerprint density at radius 3 is 2.26 bits per heavy atom. The van der Waals surface area contributed by atoms with Gasteiger partial charge in [0.05, 0.1) is 19.5 Å². The van der Waals surface area contributed by atoms with Gasteiger partial charge >= 0.3 is 0 Å². The second-order valence-corrected chi connectivity index (χ2v) is 9.72. The van der Waals surface area contributed by atoms with Gasteiger partial charge in [-0.25, -0.2) is 4.90 Å². The second-order valence-electron chi connectivity index (χ2n) is 6.58. The predicted molar refractivity (Wildman–Crippen MR) is 133 cm³/mol. The van der Waals surface area contributed by atoms with Gasteiger partial charge in [0.2, 0.25) is 0 Å². The first-order valence-corrected chi connectivity index (χ1v) is 11.9. The molecule has 0 aliphatic carbocycles. The van der Waals surface area contributed by atoms with Gasteiger partial charge in [0.15, 0.2) is 0 Å². The molecule has 1 saturated heterocycles. The highest BCUT2D eigenvalue weighted by atomic mass is 79.9. The average molecular weight is 580 g/mol. The van der Waals surface area contributed by atoms with Crippen LogP contribution >= 0.6 is 55.2 Å². The van der Waals surface area contributed by atoms with E-state index in [9.17, 15) is 9.59 Å². The van der Waals surface area contributed by atoms with Crippen LogP contribution in [0, 0.1) is 0 Å². The van der Waals surface area contributed by atoms with E-state index < -0.39 is 0 Å². The van der Waals surface area contributed by atoms with Crippen LogP contribution in [0.1, 0.15) is 11.1 Å². The fourth-order valence-corrected chi connectivity index (χ4v) is 5.37. The lowest BCUT2D eigenvalue weighted by atomic mass is 10.2. The maximum atomic E-state index is 12.8. The van der Waals surface area contributed by atoms with E-state index in [0.717, 1.165) is 31.8 Å². The van der Waals surface area contributed by atoms with Crippen LogP contribution in [-0.2, 0) is 11.4 Å². The fourth-order valence-electron chi connectivity index (χ4n) is 2.96. The molecule has 3 aromatic rings. The first-order chi connectivity index (χ1) is 14.9. The minimum absolute atomic E-state index is 0.316. The Kier molecular flexibility index (Phi) is 6.86. The number of imide groups is 1. The number of anilines is 1. The number of thioether (sulfide) groups is 1. The van der Waals surface area contributed by atoms with Crippen molar-refractivity contribution in [3.05, 3.63) is 96.7 Å². The summed E-state index contributed by atoms with van der Waals surface area (Å²) in [6.07, 6.45) is 1.70. The third-order valence-electron chi connectivity index (χ3n) is 4.42. The minimum Gasteiger partial charge on any atom is -0.487 e. The Hall–Kier alpha value is -2.06. The lowest BCUT2D eigenvalue weighted by molar-refractivity contribution is -0.113. The number of rotatable bonds is 5. The number of hydrogen-bond acceptors (Lipinski definition) is 4. The number of para-hydroxylation sites is 1. The summed E-state index contributed by atoms with van der Waals surface area (Å²) in [6, 6.07) is 20.0. The van der Waals surface area contributed by atoms with Crippen molar-refractivity contribution < 1.29 is 14.3 Å². The molecule has 0 aromatic heterocycles. The Balaban J connectivity index is 1.54. The number of halogens is 3. The summed E-state index contributed by atoms with van der Waals surface area (Å²) in [7, 11) is 0. The summed E-state index contributed by atoms with van der Waals surface area (Å²) in [5.74, 6) is 0.306. The van der Waals surface area contributed by atoms with Gasteiger partial charge in [-0.3, -0.25) is 9.59 Å². The van der Waals surface area contributed by atoms with Gasteiger partial charge < -0.3 is 4.74 Å². The topological polar surface area (TPSA) is 46.6 Å². The van der Waals surface area contributed by atoms with Crippen LogP contribution in [0.4, 0.5) is 10.5 Å². The molecular weight excluding hydrogens is 566 g/mol. The first kappa shape index (κ1) is 22.1. The van der Waals surface area contributed by atoms with Crippen LogP contribution in [0.2, 0.25) is 5.02 Å². The zero-order valence-electron chi connectivity index (χ0n) is 15.8. The van der Waals surface area contributed by atoms with Gasteiger partial charge in [0.1, 0.15) is 12.4 Å². The number of nitrogens with zero attached hydrogens (tertiary/aromatic N) is 1. The molecule has 0 saturated carbocycles. The Bertz CT molecular complexity index is 1160. The Labute approximate surface area is 205 Å². The molecule has 3 aromatic carbocycles. The van der Waals surface area contributed by atoms with Crippen LogP contribution in [0.15, 0.2) is 80.6 Å². The average Bonchev–Trinajstić information content (AvgIpc) is 3.02. The fraction of sp³-hybridized carbons (Fsp3) is 0.0435. The second kappa shape index (κ2) is 9.61. The van der Waals surface area contributed by atoms with Crippen LogP contribution in [0.3, 0.4) is 0 Å². The van der Waals surface area contributed by atoms with E-state index in [2.05, 4.69) is 31.9 Å². The number of hydrogen-bond donors (Lipinski definition) is 0. The molecule has 0 N–H and O–H groups in total. The van der Waals surface area contributed by atoms with Crippen molar-refractivity contribution in [1.29, 1.82) is 0 Å². The van der Waals surface area contributed by atoms with Crippen LogP contribution < -0.4 is 9.64 Å². The third kappa shape index (κ3) is 5.06. The largest absolute Gasteiger partial charge is 0.487 e. The molecule has 1 aliphatic rings. The van der Waals surface area contributed by atoms with Gasteiger partial charge in [-0.15, -0.1) is 0 Å². The minimum atomic E-state index is -0.337. The molecule has 156 valence electrons. The third-order valence-corrected chi connectivity index (χ3v) is 6.72. The zero-order valence-corrected chi connectivity index (χ0v) is 20.6. The SMILES string of the molecule is O=C1S/C(=C\c2cc(Br)c(OCc3ccc(Cl)cc3)c(Br)c2)C(=O)N1c1ccccc1. The van der Waals surface area contributed by atoms with Gasteiger partial charge in [-0.2, -0.15) is 0 Å². The van der Waals surface area contributed by atoms with E-state index in [-0.39, 0.29) is 11.1 Å². The summed E-state index contributed by atoms with van der Waals surface area (Å²) in [5.41, 5.74) is 2.31. The molecule has 0 unspecified atom stereocenters. The molecule has 2 amide bonds. The molecule has 1 aliphatic heterocycles. The van der Waals surface area contributed by atoms with Crippen molar-refractivity contribution in [2.24, 2.45) is 0 Å². The molecule has 4 nitrogen and oxygen atoms in total. The number of ether oxygens (including phenoxy) is 1. The van der Waals surface area contributed by atoms with E-state index in [1.165, 1.54) is 4.90 Å². The number of carbonyl (C=O) groups is 2. The molecule has 31 heavy (non-hydrogen) atoms. The van der Waals surface area contributed by atoms with Crippen molar-refractivity contribution in [3.63, 3.8) is 0 Å². The normalized spacial score (nSPS) is 15.1. The highest BCUT2D eigenvalue weighted by molar-refractivity contribution is 9.11. The van der Waals surface area contributed by atoms with E-state index in [0.29, 0.717) is 28.0 Å². The summed E-state index contributed by atoms with van der Waals surface area (Å²) in [4.78, 5) is 26.7. The molecular formula is C23H14Br2ClNO3S. The van der Waals surface area contributed by atoms with E-state index in [4.69, 9.17) is 16.3 Å². The molecule has 0 atom stereocenters. The van der Waals surface area contributed by atoms with Gasteiger partial charge in [0, 0.05) is 5.02 Å². The highest BCUT2D eigenvalue weighted by Crippen LogP contribution is 2.39. The van der Waals surface area contributed by atoms with Gasteiger partial charge in [-0.05, 0) is 97.2 Å². The summed E-state index contributed by atoms with van der Waals surface area (Å²) >= 11 is 13.9. The maximum absolute atomic E-state index is 12.8. The lowest BCUT2D eigenvalue weighted by Gasteiger charge is -2.12. The summed E-state index contributed by atoms with van der Waals surface area (Å²) in [6.45, 7) is 0.379. The molecule has 1 fully saturated rings. The number of amides is 2. The monoisotopic (exact) mass is 577 g/mol. The number of benzene rings is 3. The maximum Gasteiger partial charge on any atom is 0.298 e. The van der Waals surface area contributed by atoms with Crippen molar-refractivity contribution in [2.45, 2.75) is 6.61 Å². The Morgan fingerprint density at radius 1 is 0.968 bits per heavy atom. The van der Waals surface area contributed by atoms with Gasteiger partial charge in [-0.1, -0.05) is 41.9 Å². The molecule has 0 bridgehead atoms. The van der Waals surface area contributed by atoms with E-state index in [1.807, 2.05) is 42.5 Å². The highest BCUT2D eigenvalue weighted by Gasteiger charge is 2.36. The van der Waals surface area contributed by atoms with Crippen LogP contribution in [-0.4, -0.2) is 11.1 Å². The predicted octanol–water partition coefficient (Wildman–Crippen LogP) is 7.68. The first-order valence-electron chi connectivity index (χ1n) is 9.11. The lowest BCUT2D eigenvalue weighted by Crippen LogP contribution is -2.27. The molecule has 0 radical (unpaired) electrons. The smallest absolute Gasteiger partial charge is 0.298 e. The molecule has 8 heteroatoms. The van der Waals surface area contributed by atoms with Crippen molar-refractivity contribution in [1.82, 2.24) is 0 Å². The van der Waals surface area contributed by atoms with E-state index in [1.54, 1.807) is 30.3 Å². The molecule has 4 rings (SSSR count). The molecule has 0 spiro atoms. The van der Waals surface area contributed by atoms with E-state index >= 15 is 0 Å². The Morgan fingerprint density at radius 2 is 1.61 bits per heavy atom. The van der Waals surface area contributed by atoms with Gasteiger partial charge in [0.25, 0.3) is 11.1 Å². The molecule has 1 heterocycles. The number of carbonyl (C=O) groups excluding carboxylic acids is 2. The summed E-state index contributed by atoms with van der Waals surface area (Å²) in [5, 5.41) is 0.357. The van der Waals surface area contributed by atoms with Crippen LogP contribution in [0.5, 0.6) is 5.75 Å².